The quantitative estimate of drug-likeness (QED) is 0.125. The Bertz CT molecular complexity index is 1560. The molecule has 0 spiro atoms. The van der Waals surface area contributed by atoms with Crippen LogP contribution in [0.5, 0.6) is 0 Å². The average molecular weight is 611 g/mol. The van der Waals surface area contributed by atoms with Crippen LogP contribution in [0.15, 0.2) is 15.9 Å². The number of aliphatic hydroxyl groups is 6. The summed E-state index contributed by atoms with van der Waals surface area (Å²) >= 11 is 0. The van der Waals surface area contributed by atoms with E-state index in [1.54, 1.807) is 30.9 Å². The van der Waals surface area contributed by atoms with E-state index >= 15 is 0 Å². The van der Waals surface area contributed by atoms with Gasteiger partial charge < -0.3 is 60.5 Å². The maximum atomic E-state index is 12.1. The topological polar surface area (TPSA) is 280 Å². The molecule has 2 fully saturated rings. The molecule has 10 N–H and O–H groups in total. The standard InChI is InChI=1S/C12H19N5O5.C11H15N5O5/c1-13-12-14-9-6(10(21)15-12)16(2)4-17(9)11-8(20)7(19)5(3-18)22-11;1-12-11-14-8-5(9(20)15-11)13-3-16(8)10-7(19)6(18)4(2-17)21-10/h5,7-8,11,18-20H,3-4H2,1-2H3,(H2,13,14,15,21);3-4,6-7,10,17-19H,2H2,1H3,(H2,12,14,15,20)/t5-,7-,8-,11-;4-,6-,7-,10-/m11/s1. The lowest BCUT2D eigenvalue weighted by Crippen LogP contribution is -2.45. The van der Waals surface area contributed by atoms with Gasteiger partial charge in [0.15, 0.2) is 29.4 Å². The zero-order valence-electron chi connectivity index (χ0n) is 23.3. The minimum Gasteiger partial charge on any atom is -0.394 e. The summed E-state index contributed by atoms with van der Waals surface area (Å²) in [5.41, 5.74) is -0.0950. The highest BCUT2D eigenvalue weighted by atomic mass is 16.6. The summed E-state index contributed by atoms with van der Waals surface area (Å²) < 4.78 is 12.3. The number of nitrogens with one attached hydrogen (secondary N) is 4. The minimum absolute atomic E-state index is 0.0896. The Morgan fingerprint density at radius 1 is 0.884 bits per heavy atom. The predicted molar refractivity (Wildman–Crippen MR) is 149 cm³/mol. The van der Waals surface area contributed by atoms with E-state index in [9.17, 15) is 35.1 Å². The van der Waals surface area contributed by atoms with E-state index in [0.29, 0.717) is 11.5 Å². The molecule has 2 saturated heterocycles. The van der Waals surface area contributed by atoms with Crippen LogP contribution in [-0.4, -0.2) is 144 Å². The highest BCUT2D eigenvalue weighted by Crippen LogP contribution is 2.36. The second-order valence-corrected chi connectivity index (χ2v) is 10.1. The molecule has 43 heavy (non-hydrogen) atoms. The van der Waals surface area contributed by atoms with Gasteiger partial charge in [0.2, 0.25) is 11.9 Å². The van der Waals surface area contributed by atoms with Gasteiger partial charge in [-0.2, -0.15) is 9.97 Å². The highest BCUT2D eigenvalue weighted by molar-refractivity contribution is 5.73. The first-order valence-electron chi connectivity index (χ1n) is 13.2. The Hall–Kier alpha value is -3.89. The summed E-state index contributed by atoms with van der Waals surface area (Å²) in [5.74, 6) is 0.877. The number of ether oxygens (including phenoxy) is 2. The molecule has 20 heteroatoms. The molecule has 236 valence electrons. The molecule has 0 bridgehead atoms. The first-order chi connectivity index (χ1) is 20.5. The van der Waals surface area contributed by atoms with Crippen LogP contribution in [0.4, 0.5) is 23.4 Å². The van der Waals surface area contributed by atoms with Gasteiger partial charge in [0.1, 0.15) is 42.3 Å². The minimum atomic E-state index is -1.27. The Morgan fingerprint density at radius 2 is 1.44 bits per heavy atom. The molecule has 0 radical (unpaired) electrons. The van der Waals surface area contributed by atoms with Crippen LogP contribution in [0.2, 0.25) is 0 Å². The van der Waals surface area contributed by atoms with E-state index in [1.807, 2.05) is 0 Å². The molecule has 20 nitrogen and oxygen atoms in total. The summed E-state index contributed by atoms with van der Waals surface area (Å²) in [4.78, 5) is 44.8. The molecular formula is C23H34N10O10. The van der Waals surface area contributed by atoms with Gasteiger partial charge >= 0.3 is 0 Å². The molecule has 0 aliphatic carbocycles. The van der Waals surface area contributed by atoms with Crippen LogP contribution in [-0.2, 0) is 9.47 Å². The Labute approximate surface area is 242 Å². The van der Waals surface area contributed by atoms with Crippen LogP contribution >= 0.6 is 0 Å². The molecule has 3 aromatic rings. The van der Waals surface area contributed by atoms with E-state index in [4.69, 9.17) is 14.6 Å². The van der Waals surface area contributed by atoms with Gasteiger partial charge in [0.25, 0.3) is 11.1 Å². The number of fused-ring (bicyclic) bond motifs is 2. The van der Waals surface area contributed by atoms with Crippen LogP contribution in [0.3, 0.4) is 0 Å². The van der Waals surface area contributed by atoms with E-state index in [2.05, 4.69) is 35.6 Å². The summed E-state index contributed by atoms with van der Waals surface area (Å²) in [6.07, 6.45) is -7.27. The summed E-state index contributed by atoms with van der Waals surface area (Å²) in [6.45, 7) is -0.571. The lowest BCUT2D eigenvalue weighted by atomic mass is 10.1. The number of hydrogen-bond donors (Lipinski definition) is 10. The monoisotopic (exact) mass is 610 g/mol. The fourth-order valence-electron chi connectivity index (χ4n) is 5.16. The predicted octanol–water partition coefficient (Wildman–Crippen LogP) is -4.76. The van der Waals surface area contributed by atoms with Gasteiger partial charge in [-0.15, -0.1) is 0 Å². The number of H-pyrrole nitrogens is 2. The molecule has 6 heterocycles. The van der Waals surface area contributed by atoms with Crippen molar-refractivity contribution in [1.29, 1.82) is 0 Å². The number of aliphatic hydroxyl groups excluding tert-OH is 6. The van der Waals surface area contributed by atoms with Crippen molar-refractivity contribution in [2.75, 3.05) is 61.5 Å². The van der Waals surface area contributed by atoms with Crippen molar-refractivity contribution >= 4 is 34.6 Å². The van der Waals surface area contributed by atoms with Gasteiger partial charge in [0.05, 0.1) is 26.2 Å². The molecule has 3 aromatic heterocycles. The maximum absolute atomic E-state index is 12.1. The number of imidazole rings is 1. The van der Waals surface area contributed by atoms with Crippen LogP contribution in [0.25, 0.3) is 11.2 Å². The molecular weight excluding hydrogens is 576 g/mol. The average Bonchev–Trinajstić information content (AvgIpc) is 3.73. The number of aromatic amines is 2. The normalized spacial score (nSPS) is 30.0. The number of anilines is 4. The van der Waals surface area contributed by atoms with Gasteiger partial charge in [-0.05, 0) is 0 Å². The lowest BCUT2D eigenvalue weighted by molar-refractivity contribution is -0.0511. The van der Waals surface area contributed by atoms with Crippen molar-refractivity contribution in [2.45, 2.75) is 49.1 Å². The number of nitrogens with zero attached hydrogens (tertiary/aromatic N) is 6. The van der Waals surface area contributed by atoms with Gasteiger partial charge in [-0.25, -0.2) is 4.98 Å². The van der Waals surface area contributed by atoms with Crippen LogP contribution < -0.4 is 31.6 Å². The second-order valence-electron chi connectivity index (χ2n) is 10.1. The third-order valence-electron chi connectivity index (χ3n) is 7.42. The zero-order chi connectivity index (χ0) is 31.2. The summed E-state index contributed by atoms with van der Waals surface area (Å²) in [5, 5.41) is 63.6. The lowest BCUT2D eigenvalue weighted by Gasteiger charge is -2.27. The summed E-state index contributed by atoms with van der Waals surface area (Å²) in [7, 11) is 4.94. The fraction of sp³-hybridized carbons (Fsp3) is 0.609. The van der Waals surface area contributed by atoms with Crippen LogP contribution in [0, 0.1) is 0 Å². The van der Waals surface area contributed by atoms with Gasteiger partial charge in [0, 0.05) is 21.1 Å². The van der Waals surface area contributed by atoms with Crippen molar-refractivity contribution in [3.05, 3.63) is 27.0 Å². The van der Waals surface area contributed by atoms with Crippen molar-refractivity contribution in [3.8, 4) is 0 Å². The first kappa shape index (κ1) is 30.6. The highest BCUT2D eigenvalue weighted by Gasteiger charge is 2.48. The van der Waals surface area contributed by atoms with Gasteiger partial charge in [-0.3, -0.25) is 24.1 Å². The molecule has 3 aliphatic heterocycles. The van der Waals surface area contributed by atoms with E-state index in [0.717, 1.165) is 0 Å². The molecule has 0 amide bonds. The third kappa shape index (κ3) is 5.27. The van der Waals surface area contributed by atoms with E-state index in [1.165, 1.54) is 10.9 Å². The van der Waals surface area contributed by atoms with Crippen molar-refractivity contribution in [3.63, 3.8) is 0 Å². The van der Waals surface area contributed by atoms with Gasteiger partial charge in [-0.1, -0.05) is 0 Å². The molecule has 0 saturated carbocycles. The number of hydrogen-bond acceptors (Lipinski definition) is 17. The van der Waals surface area contributed by atoms with E-state index < -0.39 is 67.9 Å². The van der Waals surface area contributed by atoms with Crippen molar-refractivity contribution in [2.24, 2.45) is 0 Å². The smallest absolute Gasteiger partial charge is 0.280 e. The molecule has 3 aliphatic rings. The Balaban J connectivity index is 0.000000171. The largest absolute Gasteiger partial charge is 0.394 e. The third-order valence-corrected chi connectivity index (χ3v) is 7.42. The van der Waals surface area contributed by atoms with E-state index in [-0.39, 0.29) is 35.3 Å². The maximum Gasteiger partial charge on any atom is 0.280 e. The number of rotatable bonds is 6. The van der Waals surface area contributed by atoms with Crippen LogP contribution in [0.1, 0.15) is 6.23 Å². The van der Waals surface area contributed by atoms with Crippen molar-refractivity contribution < 1.29 is 40.1 Å². The zero-order valence-corrected chi connectivity index (χ0v) is 23.3. The Morgan fingerprint density at radius 3 is 2.02 bits per heavy atom. The number of aromatic nitrogens is 6. The molecule has 6 rings (SSSR count). The van der Waals surface area contributed by atoms with Crippen molar-refractivity contribution in [1.82, 2.24) is 29.5 Å². The second kappa shape index (κ2) is 12.0. The SMILES string of the molecule is CNc1nc2c(c(=O)[nH]1)N(C)CN2[C@@H]1O[C@H](CO)[C@@H](O)[C@H]1O.CNc1nc2c(ncn2[C@@H]2O[C@H](CO)[C@@H](O)[C@H]2O)c(=O)[nH]1. The summed E-state index contributed by atoms with van der Waals surface area (Å²) in [6, 6.07) is 0. The fourth-order valence-corrected chi connectivity index (χ4v) is 5.16. The first-order valence-corrected chi connectivity index (χ1v) is 13.2. The molecule has 0 unspecified atom stereocenters. The molecule has 8 atom stereocenters. The Kier molecular flexibility index (Phi) is 8.54. The molecule has 0 aromatic carbocycles.